The number of nitrogens with one attached hydrogen (secondary N) is 2. The van der Waals surface area contributed by atoms with E-state index in [1.807, 2.05) is 6.92 Å². The van der Waals surface area contributed by atoms with Crippen LogP contribution in [-0.4, -0.2) is 40.4 Å². The molecule has 7 nitrogen and oxygen atoms in total. The monoisotopic (exact) mass is 534 g/mol. The molecule has 0 unspecified atom stereocenters. The van der Waals surface area contributed by atoms with Gasteiger partial charge in [-0.25, -0.2) is 4.99 Å². The van der Waals surface area contributed by atoms with Crippen molar-refractivity contribution in [2.24, 2.45) is 4.99 Å². The maximum atomic E-state index is 12.6. The van der Waals surface area contributed by atoms with E-state index in [9.17, 15) is 8.78 Å². The summed E-state index contributed by atoms with van der Waals surface area (Å²) in [6, 6.07) is 6.70. The minimum atomic E-state index is -2.86. The fraction of sp³-hybridized carbons (Fsp3) is 0.550. The first-order valence-corrected chi connectivity index (χ1v) is 10.1. The van der Waals surface area contributed by atoms with Crippen LogP contribution in [0.5, 0.6) is 5.75 Å². The maximum Gasteiger partial charge on any atom is 0.387 e. The Balaban J connectivity index is 0.00000320. The van der Waals surface area contributed by atoms with Crippen LogP contribution < -0.4 is 15.4 Å². The Hall–Kier alpha value is -1.98. The van der Waals surface area contributed by atoms with Gasteiger partial charge in [0.1, 0.15) is 17.4 Å². The van der Waals surface area contributed by atoms with Crippen molar-refractivity contribution in [3.63, 3.8) is 0 Å². The number of hydrogen-bond donors (Lipinski definition) is 2. The number of aryl methyl sites for hydroxylation is 1. The molecule has 0 atom stereocenters. The Morgan fingerprint density at radius 1 is 1.20 bits per heavy atom. The second-order valence-corrected chi connectivity index (χ2v) is 6.85. The first kappa shape index (κ1) is 24.3. The summed E-state index contributed by atoms with van der Waals surface area (Å²) < 4.78 is 31.9. The number of aliphatic imine (C=N–C) groups is 1. The normalized spacial score (nSPS) is 13.9. The third-order valence-electron chi connectivity index (χ3n) is 4.77. The molecule has 2 aromatic rings. The Morgan fingerprint density at radius 2 is 2.03 bits per heavy atom. The average Bonchev–Trinajstić information content (AvgIpc) is 2.93. The molecule has 1 aliphatic heterocycles. The van der Waals surface area contributed by atoms with Crippen molar-refractivity contribution in [3.05, 3.63) is 41.5 Å². The van der Waals surface area contributed by atoms with Crippen molar-refractivity contribution in [1.82, 2.24) is 25.4 Å². The zero-order valence-electron chi connectivity index (χ0n) is 17.1. The molecule has 0 amide bonds. The van der Waals surface area contributed by atoms with Gasteiger partial charge in [-0.15, -0.1) is 34.2 Å². The summed E-state index contributed by atoms with van der Waals surface area (Å²) in [5.41, 5.74) is 0.604. The fourth-order valence-electron chi connectivity index (χ4n) is 3.37. The Morgan fingerprint density at radius 3 is 2.83 bits per heavy atom. The zero-order chi connectivity index (χ0) is 20.5. The van der Waals surface area contributed by atoms with E-state index in [2.05, 4.69) is 35.1 Å². The molecule has 30 heavy (non-hydrogen) atoms. The fourth-order valence-corrected chi connectivity index (χ4v) is 3.37. The first-order chi connectivity index (χ1) is 14.2. The second kappa shape index (κ2) is 12.7. The molecule has 0 spiro atoms. The van der Waals surface area contributed by atoms with Crippen molar-refractivity contribution in [2.75, 3.05) is 13.1 Å². The largest absolute Gasteiger partial charge is 0.434 e. The summed E-state index contributed by atoms with van der Waals surface area (Å²) in [4.78, 5) is 4.50. The minimum Gasteiger partial charge on any atom is -0.434 e. The number of guanidine groups is 1. The molecular weight excluding hydrogens is 505 g/mol. The lowest BCUT2D eigenvalue weighted by Crippen LogP contribution is -2.38. The molecule has 1 aliphatic rings. The summed E-state index contributed by atoms with van der Waals surface area (Å²) in [6.07, 6.45) is 5.29. The van der Waals surface area contributed by atoms with Crippen molar-refractivity contribution >= 4 is 29.9 Å². The summed E-state index contributed by atoms with van der Waals surface area (Å²) >= 11 is 0. The number of ether oxygens (including phenoxy) is 1. The number of para-hydroxylation sites is 1. The SMILES string of the molecule is CCNC(=NCc1ccccc1OC(F)F)NCCc1nnc2n1CCCCC2.I. The number of hydrogen-bond acceptors (Lipinski definition) is 4. The van der Waals surface area contributed by atoms with Crippen molar-refractivity contribution in [2.45, 2.75) is 58.7 Å². The molecule has 10 heteroatoms. The molecule has 2 heterocycles. The minimum absolute atomic E-state index is 0. The van der Waals surface area contributed by atoms with Crippen LogP contribution in [0, 0.1) is 0 Å². The molecule has 0 fully saturated rings. The highest BCUT2D eigenvalue weighted by molar-refractivity contribution is 14.0. The molecule has 1 aromatic heterocycles. The van der Waals surface area contributed by atoms with Crippen LogP contribution in [0.4, 0.5) is 8.78 Å². The predicted molar refractivity (Wildman–Crippen MR) is 123 cm³/mol. The van der Waals surface area contributed by atoms with Gasteiger partial charge in [0.25, 0.3) is 0 Å². The van der Waals surface area contributed by atoms with E-state index >= 15 is 0 Å². The molecular formula is C20H29F2IN6O. The third kappa shape index (κ3) is 7.06. The van der Waals surface area contributed by atoms with E-state index < -0.39 is 6.61 Å². The Bertz CT molecular complexity index is 814. The van der Waals surface area contributed by atoms with Gasteiger partial charge in [-0.2, -0.15) is 8.78 Å². The third-order valence-corrected chi connectivity index (χ3v) is 4.77. The smallest absolute Gasteiger partial charge is 0.387 e. The first-order valence-electron chi connectivity index (χ1n) is 10.1. The lowest BCUT2D eigenvalue weighted by atomic mass is 10.2. The lowest BCUT2D eigenvalue weighted by Gasteiger charge is -2.13. The van der Waals surface area contributed by atoms with Gasteiger partial charge in [0.2, 0.25) is 0 Å². The Kier molecular flexibility index (Phi) is 10.2. The number of alkyl halides is 2. The topological polar surface area (TPSA) is 76.4 Å². The maximum absolute atomic E-state index is 12.6. The number of benzene rings is 1. The number of fused-ring (bicyclic) bond motifs is 1. The standard InChI is InChI=1S/C20H28F2N6O.HI/c1-2-23-20(25-14-15-8-5-6-9-16(15)29-19(21)22)24-12-11-18-27-26-17-10-4-3-7-13-28(17)18;/h5-6,8-9,19H,2-4,7,10-14H2,1H3,(H2,23,24,25);1H. The zero-order valence-corrected chi connectivity index (χ0v) is 19.4. The van der Waals surface area contributed by atoms with E-state index in [0.29, 0.717) is 24.6 Å². The lowest BCUT2D eigenvalue weighted by molar-refractivity contribution is -0.0504. The summed E-state index contributed by atoms with van der Waals surface area (Å²) in [6.45, 7) is 1.68. The van der Waals surface area contributed by atoms with E-state index in [1.165, 1.54) is 18.9 Å². The molecule has 0 radical (unpaired) electrons. The van der Waals surface area contributed by atoms with Crippen LogP contribution in [0.25, 0.3) is 0 Å². The van der Waals surface area contributed by atoms with E-state index in [0.717, 1.165) is 37.5 Å². The van der Waals surface area contributed by atoms with Crippen molar-refractivity contribution in [3.8, 4) is 5.75 Å². The highest BCUT2D eigenvalue weighted by atomic mass is 127. The highest BCUT2D eigenvalue weighted by Gasteiger charge is 2.14. The average molecular weight is 534 g/mol. The molecule has 0 saturated heterocycles. The van der Waals surface area contributed by atoms with Crippen molar-refractivity contribution in [1.29, 1.82) is 0 Å². The molecule has 166 valence electrons. The van der Waals surface area contributed by atoms with Gasteiger partial charge in [-0.05, 0) is 25.8 Å². The van der Waals surface area contributed by atoms with Gasteiger partial charge < -0.3 is 19.9 Å². The van der Waals surface area contributed by atoms with Gasteiger partial charge in [0.15, 0.2) is 5.96 Å². The number of halogens is 3. The van der Waals surface area contributed by atoms with E-state index in [-0.39, 0.29) is 36.3 Å². The number of rotatable bonds is 8. The summed E-state index contributed by atoms with van der Waals surface area (Å²) in [7, 11) is 0. The van der Waals surface area contributed by atoms with E-state index in [4.69, 9.17) is 0 Å². The van der Waals surface area contributed by atoms with E-state index in [1.54, 1.807) is 18.2 Å². The number of nitrogens with zero attached hydrogens (tertiary/aromatic N) is 4. The van der Waals surface area contributed by atoms with Crippen LogP contribution in [-0.2, 0) is 25.9 Å². The predicted octanol–water partition coefficient (Wildman–Crippen LogP) is 3.52. The molecule has 0 aliphatic carbocycles. The quantitative estimate of drug-likeness (QED) is 0.308. The van der Waals surface area contributed by atoms with Gasteiger partial charge in [0, 0.05) is 38.0 Å². The molecule has 2 N–H and O–H groups in total. The van der Waals surface area contributed by atoms with Crippen LogP contribution in [0.2, 0.25) is 0 Å². The highest BCUT2D eigenvalue weighted by Crippen LogP contribution is 2.21. The molecule has 3 rings (SSSR count). The Labute approximate surface area is 192 Å². The van der Waals surface area contributed by atoms with Crippen LogP contribution in [0.1, 0.15) is 43.4 Å². The van der Waals surface area contributed by atoms with Crippen LogP contribution in [0.15, 0.2) is 29.3 Å². The van der Waals surface area contributed by atoms with Crippen LogP contribution in [0.3, 0.4) is 0 Å². The van der Waals surface area contributed by atoms with Crippen LogP contribution >= 0.6 is 24.0 Å². The van der Waals surface area contributed by atoms with Gasteiger partial charge in [-0.3, -0.25) is 0 Å². The molecule has 1 aromatic carbocycles. The molecule has 0 saturated carbocycles. The molecule has 0 bridgehead atoms. The van der Waals surface area contributed by atoms with Gasteiger partial charge in [0.05, 0.1) is 6.54 Å². The number of aromatic nitrogens is 3. The van der Waals surface area contributed by atoms with Crippen molar-refractivity contribution < 1.29 is 13.5 Å². The van der Waals surface area contributed by atoms with Gasteiger partial charge in [-0.1, -0.05) is 24.6 Å². The summed E-state index contributed by atoms with van der Waals surface area (Å²) in [5, 5.41) is 15.1. The van der Waals surface area contributed by atoms with Gasteiger partial charge >= 0.3 is 6.61 Å². The second-order valence-electron chi connectivity index (χ2n) is 6.85. The summed E-state index contributed by atoms with van der Waals surface area (Å²) in [5.74, 6) is 2.83.